The van der Waals surface area contributed by atoms with Crippen LogP contribution in [0, 0.1) is 17.0 Å². The van der Waals surface area contributed by atoms with Crippen LogP contribution in [0.1, 0.15) is 29.8 Å². The van der Waals surface area contributed by atoms with Gasteiger partial charge in [-0.1, -0.05) is 42.5 Å². The average molecular weight is 471 g/mol. The maximum absolute atomic E-state index is 13.4. The molecular formula is C25H21N5O5. The van der Waals surface area contributed by atoms with Crippen LogP contribution in [0.25, 0.3) is 16.5 Å². The van der Waals surface area contributed by atoms with E-state index in [1.54, 1.807) is 34.6 Å². The molecular weight excluding hydrogens is 450 g/mol. The largest absolute Gasteiger partial charge is 0.493 e. The van der Waals surface area contributed by atoms with Gasteiger partial charge in [0.05, 0.1) is 22.7 Å². The third-order valence-corrected chi connectivity index (χ3v) is 6.98. The maximum Gasteiger partial charge on any atom is 0.336 e. The van der Waals surface area contributed by atoms with Gasteiger partial charge in [-0.15, -0.1) is 0 Å². The highest BCUT2D eigenvalue weighted by atomic mass is 16.6. The van der Waals surface area contributed by atoms with E-state index in [-0.39, 0.29) is 23.3 Å². The molecule has 0 saturated carbocycles. The summed E-state index contributed by atoms with van der Waals surface area (Å²) < 4.78 is 2.89. The molecule has 0 aliphatic carbocycles. The molecule has 10 nitrogen and oxygen atoms in total. The SMILES string of the molecule is Cc1ccc(NC(=O)N2C[C@H]3CC2c2c(O)n(-c4cccc5ccccc45)c(=O)n23)cc1[N+](=O)[O-]. The van der Waals surface area contributed by atoms with Gasteiger partial charge in [0, 0.05) is 29.2 Å². The molecule has 4 aromatic rings. The lowest BCUT2D eigenvalue weighted by atomic mass is 10.1. The molecule has 176 valence electrons. The van der Waals surface area contributed by atoms with Crippen molar-refractivity contribution in [3.63, 3.8) is 0 Å². The summed E-state index contributed by atoms with van der Waals surface area (Å²) in [6.45, 7) is 1.93. The molecule has 1 fully saturated rings. The van der Waals surface area contributed by atoms with Crippen molar-refractivity contribution in [3.8, 4) is 11.6 Å². The molecule has 10 heteroatoms. The van der Waals surface area contributed by atoms with Gasteiger partial charge >= 0.3 is 11.7 Å². The molecule has 0 spiro atoms. The van der Waals surface area contributed by atoms with Gasteiger partial charge in [-0.2, -0.15) is 0 Å². The number of imidazole rings is 1. The molecule has 0 radical (unpaired) electrons. The van der Waals surface area contributed by atoms with E-state index >= 15 is 0 Å². The molecule has 1 unspecified atom stereocenters. The molecule has 2 bridgehead atoms. The van der Waals surface area contributed by atoms with E-state index in [9.17, 15) is 24.8 Å². The number of aromatic hydroxyl groups is 1. The summed E-state index contributed by atoms with van der Waals surface area (Å²) in [5.74, 6) is -0.178. The first-order valence-electron chi connectivity index (χ1n) is 11.2. The van der Waals surface area contributed by atoms with Crippen LogP contribution in [0.2, 0.25) is 0 Å². The van der Waals surface area contributed by atoms with Crippen molar-refractivity contribution in [2.24, 2.45) is 0 Å². The smallest absolute Gasteiger partial charge is 0.336 e. The van der Waals surface area contributed by atoms with Crippen molar-refractivity contribution < 1.29 is 14.8 Å². The van der Waals surface area contributed by atoms with Crippen molar-refractivity contribution in [3.05, 3.63) is 92.5 Å². The summed E-state index contributed by atoms with van der Waals surface area (Å²) >= 11 is 0. The molecule has 6 rings (SSSR count). The Morgan fingerprint density at radius 3 is 2.71 bits per heavy atom. The lowest BCUT2D eigenvalue weighted by Gasteiger charge is -2.27. The number of likely N-dealkylation sites (tertiary alicyclic amines) is 1. The lowest BCUT2D eigenvalue weighted by molar-refractivity contribution is -0.385. The summed E-state index contributed by atoms with van der Waals surface area (Å²) in [5, 5.41) is 26.9. The first-order valence-corrected chi connectivity index (χ1v) is 11.2. The number of urea groups is 1. The first kappa shape index (κ1) is 21.0. The number of nitrogens with one attached hydrogen (secondary N) is 1. The maximum atomic E-state index is 13.4. The number of anilines is 1. The van der Waals surface area contributed by atoms with E-state index in [1.807, 2.05) is 36.4 Å². The number of hydrogen-bond acceptors (Lipinski definition) is 5. The topological polar surface area (TPSA) is 123 Å². The number of fused-ring (bicyclic) bond motifs is 6. The van der Waals surface area contributed by atoms with E-state index in [0.717, 1.165) is 10.8 Å². The fourth-order valence-corrected chi connectivity index (χ4v) is 5.37. The standard InChI is InChI=1S/C25H21N5O5/c1-14-9-10-16(11-20(14)30(34)35)26-24(32)27-13-17-12-21(27)22-23(31)29(25(33)28(17)22)19-8-4-6-15-5-2-3-7-18(15)19/h2-11,17,21,31H,12-13H2,1H3,(H,26,32)/t17-,21?/m1/s1. The first-order chi connectivity index (χ1) is 16.8. The molecule has 1 aromatic heterocycles. The third kappa shape index (κ3) is 3.03. The van der Waals surface area contributed by atoms with E-state index in [0.29, 0.717) is 35.6 Å². The van der Waals surface area contributed by atoms with E-state index in [2.05, 4.69) is 5.32 Å². The van der Waals surface area contributed by atoms with Crippen molar-refractivity contribution in [1.29, 1.82) is 0 Å². The van der Waals surface area contributed by atoms with Crippen LogP contribution in [0.4, 0.5) is 16.2 Å². The number of nitro benzene ring substituents is 1. The highest BCUT2D eigenvalue weighted by Crippen LogP contribution is 2.49. The van der Waals surface area contributed by atoms with Crippen LogP contribution >= 0.6 is 0 Å². The fourth-order valence-electron chi connectivity index (χ4n) is 5.37. The van der Waals surface area contributed by atoms with Crippen LogP contribution in [0.5, 0.6) is 5.88 Å². The summed E-state index contributed by atoms with van der Waals surface area (Å²) in [4.78, 5) is 38.8. The van der Waals surface area contributed by atoms with Crippen molar-refractivity contribution >= 4 is 28.2 Å². The summed E-state index contributed by atoms with van der Waals surface area (Å²) in [5.41, 5.74) is 1.38. The number of rotatable bonds is 3. The predicted molar refractivity (Wildman–Crippen MR) is 129 cm³/mol. The number of amides is 2. The quantitative estimate of drug-likeness (QED) is 0.342. The summed E-state index contributed by atoms with van der Waals surface area (Å²) in [6, 6.07) is 16.5. The van der Waals surface area contributed by atoms with Crippen molar-refractivity contribution in [2.45, 2.75) is 25.4 Å². The molecule has 3 heterocycles. The lowest BCUT2D eigenvalue weighted by Crippen LogP contribution is -2.40. The number of nitrogens with zero attached hydrogens (tertiary/aromatic N) is 4. The predicted octanol–water partition coefficient (Wildman–Crippen LogP) is 4.25. The van der Waals surface area contributed by atoms with Gasteiger partial charge in [0.15, 0.2) is 0 Å². The van der Waals surface area contributed by atoms with E-state index in [1.165, 1.54) is 10.6 Å². The second-order valence-corrected chi connectivity index (χ2v) is 8.94. The number of carbonyl (C=O) groups is 1. The number of aryl methyl sites for hydroxylation is 1. The normalized spacial score (nSPS) is 18.1. The van der Waals surface area contributed by atoms with Crippen LogP contribution in [0.15, 0.2) is 65.5 Å². The van der Waals surface area contributed by atoms with Crippen LogP contribution in [-0.4, -0.2) is 36.6 Å². The minimum Gasteiger partial charge on any atom is -0.493 e. The van der Waals surface area contributed by atoms with Gasteiger partial charge in [-0.3, -0.25) is 14.7 Å². The van der Waals surface area contributed by atoms with Gasteiger partial charge in [0.1, 0.15) is 5.69 Å². The Morgan fingerprint density at radius 1 is 1.14 bits per heavy atom. The molecule has 2 aliphatic heterocycles. The van der Waals surface area contributed by atoms with Crippen LogP contribution < -0.4 is 11.0 Å². The van der Waals surface area contributed by atoms with Gasteiger partial charge < -0.3 is 15.3 Å². The van der Waals surface area contributed by atoms with Gasteiger partial charge in [0.2, 0.25) is 5.88 Å². The zero-order valence-corrected chi connectivity index (χ0v) is 18.7. The monoisotopic (exact) mass is 471 g/mol. The van der Waals surface area contributed by atoms with Gasteiger partial charge in [-0.05, 0) is 30.9 Å². The second-order valence-electron chi connectivity index (χ2n) is 8.94. The number of benzene rings is 3. The number of hydrogen-bond donors (Lipinski definition) is 2. The highest BCUT2D eigenvalue weighted by Gasteiger charge is 2.49. The van der Waals surface area contributed by atoms with Gasteiger partial charge in [-0.25, -0.2) is 14.2 Å². The Bertz CT molecular complexity index is 1600. The van der Waals surface area contributed by atoms with Crippen LogP contribution in [0.3, 0.4) is 0 Å². The molecule has 2 amide bonds. The van der Waals surface area contributed by atoms with Crippen molar-refractivity contribution in [2.75, 3.05) is 11.9 Å². The third-order valence-electron chi connectivity index (χ3n) is 6.98. The number of aromatic nitrogens is 2. The molecule has 3 aromatic carbocycles. The molecule has 2 aliphatic rings. The van der Waals surface area contributed by atoms with Crippen LogP contribution in [-0.2, 0) is 0 Å². The minimum atomic E-state index is -0.491. The fraction of sp³-hybridized carbons (Fsp3) is 0.200. The zero-order valence-electron chi connectivity index (χ0n) is 18.7. The average Bonchev–Trinajstić information content (AvgIpc) is 3.51. The summed E-state index contributed by atoms with van der Waals surface area (Å²) in [7, 11) is 0. The minimum absolute atomic E-state index is 0.0793. The van der Waals surface area contributed by atoms with Gasteiger partial charge in [0.25, 0.3) is 5.69 Å². The summed E-state index contributed by atoms with van der Waals surface area (Å²) in [6.07, 6.45) is 0.524. The highest BCUT2D eigenvalue weighted by molar-refractivity contribution is 5.91. The Morgan fingerprint density at radius 2 is 1.91 bits per heavy atom. The van der Waals surface area contributed by atoms with E-state index < -0.39 is 17.0 Å². The molecule has 2 atom stereocenters. The van der Waals surface area contributed by atoms with E-state index in [4.69, 9.17) is 0 Å². The zero-order chi connectivity index (χ0) is 24.4. The Hall–Kier alpha value is -4.60. The molecule has 2 N–H and O–H groups in total. The Labute approximate surface area is 198 Å². The van der Waals surface area contributed by atoms with Crippen molar-refractivity contribution in [1.82, 2.24) is 14.0 Å². The number of carbonyl (C=O) groups excluding carboxylic acids is 1. The molecule has 35 heavy (non-hydrogen) atoms. The Kier molecular flexibility index (Phi) is 4.47. The second kappa shape index (κ2) is 7.45. The molecule has 1 saturated heterocycles. The number of nitro groups is 1. The Balaban J connectivity index is 1.35.